The van der Waals surface area contributed by atoms with Gasteiger partial charge in [-0.3, -0.25) is 0 Å². The number of aromatic carboxylic acids is 2. The van der Waals surface area contributed by atoms with E-state index in [1.54, 1.807) is 19.9 Å². The first-order valence-electron chi connectivity index (χ1n) is 7.05. The van der Waals surface area contributed by atoms with Gasteiger partial charge in [-0.15, -0.1) is 0 Å². The predicted molar refractivity (Wildman–Crippen MR) is 85.7 cm³/mol. The smallest absolute Gasteiger partial charge is 0.339 e. The van der Waals surface area contributed by atoms with Crippen molar-refractivity contribution in [3.63, 3.8) is 0 Å². The van der Waals surface area contributed by atoms with Crippen LogP contribution in [0, 0.1) is 39.3 Å². The highest BCUT2D eigenvalue weighted by Gasteiger charge is 2.21. The van der Waals surface area contributed by atoms with Crippen molar-refractivity contribution in [3.05, 3.63) is 69.3 Å². The zero-order valence-corrected chi connectivity index (χ0v) is 13.8. The van der Waals surface area contributed by atoms with Crippen molar-refractivity contribution in [2.24, 2.45) is 0 Å². The Balaban J connectivity index is 0.000000254. The quantitative estimate of drug-likeness (QED) is 0.858. The number of carbonyl (C=O) groups is 2. The zero-order chi connectivity index (χ0) is 18.6. The van der Waals surface area contributed by atoms with Crippen molar-refractivity contribution in [2.45, 2.75) is 27.7 Å². The summed E-state index contributed by atoms with van der Waals surface area (Å²) in [6, 6.07) is 6.04. The predicted octanol–water partition coefficient (Wildman–Crippen LogP) is 4.28. The molecule has 0 bridgehead atoms. The van der Waals surface area contributed by atoms with E-state index in [4.69, 9.17) is 10.2 Å². The summed E-state index contributed by atoms with van der Waals surface area (Å²) in [7, 11) is 0. The Morgan fingerprint density at radius 3 is 1.67 bits per heavy atom. The van der Waals surface area contributed by atoms with Gasteiger partial charge in [-0.05, 0) is 56.0 Å². The molecule has 0 heterocycles. The van der Waals surface area contributed by atoms with Crippen LogP contribution in [0.3, 0.4) is 0 Å². The lowest BCUT2D eigenvalue weighted by atomic mass is 10.0. The Morgan fingerprint density at radius 1 is 0.750 bits per heavy atom. The molecule has 0 unspecified atom stereocenters. The molecule has 2 N–H and O–H groups in total. The van der Waals surface area contributed by atoms with Gasteiger partial charge in [0.25, 0.3) is 0 Å². The zero-order valence-electron chi connectivity index (χ0n) is 13.8. The molecule has 2 aromatic rings. The number of carboxylic acid groups (broad SMARTS) is 2. The van der Waals surface area contributed by atoms with Crippen LogP contribution in [0.1, 0.15) is 43.0 Å². The van der Waals surface area contributed by atoms with Crippen LogP contribution in [0.25, 0.3) is 0 Å². The molecular weight excluding hydrogens is 318 g/mol. The van der Waals surface area contributed by atoms with Gasteiger partial charge >= 0.3 is 11.9 Å². The van der Waals surface area contributed by atoms with Crippen molar-refractivity contribution in [2.75, 3.05) is 0 Å². The van der Waals surface area contributed by atoms with E-state index >= 15 is 0 Å². The minimum Gasteiger partial charge on any atom is -0.478 e. The molecule has 0 aliphatic heterocycles. The van der Waals surface area contributed by atoms with Gasteiger partial charge in [0.1, 0.15) is 17.2 Å². The fourth-order valence-electron chi connectivity index (χ4n) is 1.98. The van der Waals surface area contributed by atoms with E-state index in [2.05, 4.69) is 0 Å². The first-order chi connectivity index (χ1) is 11.1. The highest BCUT2D eigenvalue weighted by Crippen LogP contribution is 2.17. The Hall–Kier alpha value is -2.76. The van der Waals surface area contributed by atoms with Gasteiger partial charge in [0, 0.05) is 0 Å². The van der Waals surface area contributed by atoms with Gasteiger partial charge in [-0.1, -0.05) is 18.2 Å². The van der Waals surface area contributed by atoms with Gasteiger partial charge < -0.3 is 10.2 Å². The lowest BCUT2D eigenvalue weighted by Gasteiger charge is -2.04. The average Bonchev–Trinajstić information content (AvgIpc) is 2.51. The summed E-state index contributed by atoms with van der Waals surface area (Å²) in [5, 5.41) is 17.2. The average molecular weight is 336 g/mol. The fourth-order valence-corrected chi connectivity index (χ4v) is 1.98. The molecule has 128 valence electrons. The standard InChI is InChI=1S/C9H7FO4.C9H11F/c1-4-2-3-5(8(11)12)6(7(4)10)9(13)14;1-6-4-5-7(2)9(10)8(6)3/h2-3H,1H3,(H,11,12)(H,13,14);4-5H,1-3H3. The lowest BCUT2D eigenvalue weighted by Crippen LogP contribution is -2.11. The molecule has 0 saturated heterocycles. The molecule has 0 amide bonds. The van der Waals surface area contributed by atoms with E-state index in [0.717, 1.165) is 22.8 Å². The number of benzene rings is 2. The van der Waals surface area contributed by atoms with Gasteiger partial charge in [0.15, 0.2) is 0 Å². The number of halogens is 2. The van der Waals surface area contributed by atoms with Crippen molar-refractivity contribution in [1.82, 2.24) is 0 Å². The molecule has 0 aromatic heterocycles. The summed E-state index contributed by atoms with van der Waals surface area (Å²) in [4.78, 5) is 21.2. The number of carboxylic acids is 2. The van der Waals surface area contributed by atoms with Crippen LogP contribution in [0.2, 0.25) is 0 Å². The van der Waals surface area contributed by atoms with Gasteiger partial charge in [0.05, 0.1) is 5.56 Å². The first kappa shape index (κ1) is 19.3. The molecule has 2 aromatic carbocycles. The topological polar surface area (TPSA) is 74.6 Å². The Morgan fingerprint density at radius 2 is 1.21 bits per heavy atom. The van der Waals surface area contributed by atoms with Crippen LogP contribution in [0.4, 0.5) is 8.78 Å². The largest absolute Gasteiger partial charge is 0.478 e. The normalized spacial score (nSPS) is 9.92. The second-order valence-corrected chi connectivity index (χ2v) is 5.37. The first-order valence-corrected chi connectivity index (χ1v) is 7.05. The minimum absolute atomic E-state index is 0.0694. The molecule has 4 nitrogen and oxygen atoms in total. The van der Waals surface area contributed by atoms with Crippen molar-refractivity contribution in [1.29, 1.82) is 0 Å². The van der Waals surface area contributed by atoms with Crippen molar-refractivity contribution in [3.8, 4) is 0 Å². The molecule has 24 heavy (non-hydrogen) atoms. The van der Waals surface area contributed by atoms with Crippen molar-refractivity contribution < 1.29 is 28.6 Å². The summed E-state index contributed by atoms with van der Waals surface area (Å²) < 4.78 is 26.2. The molecule has 0 spiro atoms. The molecule has 0 radical (unpaired) electrons. The van der Waals surface area contributed by atoms with Crippen LogP contribution < -0.4 is 0 Å². The maximum atomic E-state index is 13.2. The molecular formula is C18H18F2O4. The number of rotatable bonds is 2. The van der Waals surface area contributed by atoms with Gasteiger partial charge in [-0.25, -0.2) is 18.4 Å². The number of hydrogen-bond donors (Lipinski definition) is 2. The number of aryl methyl sites for hydroxylation is 3. The highest BCUT2D eigenvalue weighted by molar-refractivity contribution is 6.02. The van der Waals surface area contributed by atoms with Crippen LogP contribution in [0.5, 0.6) is 0 Å². The van der Waals surface area contributed by atoms with E-state index in [9.17, 15) is 18.4 Å². The molecule has 2 rings (SSSR count). The van der Waals surface area contributed by atoms with Crippen LogP contribution in [-0.2, 0) is 0 Å². The van der Waals surface area contributed by atoms with E-state index in [-0.39, 0.29) is 11.4 Å². The van der Waals surface area contributed by atoms with E-state index in [0.29, 0.717) is 0 Å². The summed E-state index contributed by atoms with van der Waals surface area (Å²) >= 11 is 0. The van der Waals surface area contributed by atoms with Gasteiger partial charge in [0.2, 0.25) is 0 Å². The molecule has 0 atom stereocenters. The molecule has 0 fully saturated rings. The SMILES string of the molecule is Cc1ccc(C(=O)O)c(C(=O)O)c1F.Cc1ccc(C)c(F)c1C. The van der Waals surface area contributed by atoms with Crippen LogP contribution in [0.15, 0.2) is 24.3 Å². The Kier molecular flexibility index (Phi) is 6.17. The van der Waals surface area contributed by atoms with E-state index in [1.807, 2.05) is 13.0 Å². The summed E-state index contributed by atoms with van der Waals surface area (Å²) in [5.41, 5.74) is 1.27. The van der Waals surface area contributed by atoms with Crippen molar-refractivity contribution >= 4 is 11.9 Å². The third kappa shape index (κ3) is 4.16. The maximum Gasteiger partial charge on any atom is 0.339 e. The summed E-state index contributed by atoms with van der Waals surface area (Å²) in [6.07, 6.45) is 0. The van der Waals surface area contributed by atoms with Crippen LogP contribution >= 0.6 is 0 Å². The molecule has 0 aliphatic carbocycles. The Bertz CT molecular complexity index is 771. The minimum atomic E-state index is -1.58. The third-order valence-electron chi connectivity index (χ3n) is 3.63. The number of hydrogen-bond acceptors (Lipinski definition) is 2. The third-order valence-corrected chi connectivity index (χ3v) is 3.63. The summed E-state index contributed by atoms with van der Waals surface area (Å²) in [6.45, 7) is 6.87. The molecule has 0 saturated carbocycles. The highest BCUT2D eigenvalue weighted by atomic mass is 19.1. The molecule has 6 heteroatoms. The second-order valence-electron chi connectivity index (χ2n) is 5.37. The fraction of sp³-hybridized carbons (Fsp3) is 0.222. The maximum absolute atomic E-state index is 13.2. The van der Waals surface area contributed by atoms with Crippen LogP contribution in [-0.4, -0.2) is 22.2 Å². The van der Waals surface area contributed by atoms with Gasteiger partial charge in [-0.2, -0.15) is 0 Å². The Labute approximate surface area is 138 Å². The van der Waals surface area contributed by atoms with E-state index in [1.165, 1.54) is 13.0 Å². The second kappa shape index (κ2) is 7.68. The lowest BCUT2D eigenvalue weighted by molar-refractivity contribution is 0.0647. The molecule has 0 aliphatic rings. The van der Waals surface area contributed by atoms with E-state index < -0.39 is 28.9 Å². The summed E-state index contributed by atoms with van der Waals surface area (Å²) in [5.74, 6) is -4.11. The monoisotopic (exact) mass is 336 g/mol.